The molecule has 0 aromatic carbocycles. The van der Waals surface area contributed by atoms with Crippen molar-refractivity contribution in [3.05, 3.63) is 35.1 Å². The topological polar surface area (TPSA) is 138 Å². The van der Waals surface area contributed by atoms with Gasteiger partial charge in [-0.05, 0) is 56.8 Å². The van der Waals surface area contributed by atoms with Gasteiger partial charge in [-0.3, -0.25) is 0 Å². The van der Waals surface area contributed by atoms with Gasteiger partial charge in [0, 0.05) is 14.2 Å². The molecule has 1 aliphatic carbocycles. The number of pyridine rings is 1. The average molecular weight is 432 g/mol. The molecule has 1 aliphatic rings. The molecular formula is C21H33N7O3. The minimum atomic E-state index is -0.290. The number of aryl methyl sites for hydroxylation is 1. The molecule has 0 saturated heterocycles. The molecule has 10 nitrogen and oxygen atoms in total. The number of nitrogens with one attached hydrogen (secondary N) is 1. The van der Waals surface area contributed by atoms with Gasteiger partial charge in [-0.2, -0.15) is 4.98 Å². The zero-order valence-corrected chi connectivity index (χ0v) is 18.7. The lowest BCUT2D eigenvalue weighted by Crippen LogP contribution is -2.32. The number of nitrogens with two attached hydrogens (primary N) is 2. The van der Waals surface area contributed by atoms with E-state index in [-0.39, 0.29) is 12.2 Å². The first-order chi connectivity index (χ1) is 14.9. The molecule has 0 bridgehead atoms. The van der Waals surface area contributed by atoms with Crippen molar-refractivity contribution in [3.63, 3.8) is 0 Å². The average Bonchev–Trinajstić information content (AvgIpc) is 3.24. The predicted molar refractivity (Wildman–Crippen MR) is 118 cm³/mol. The van der Waals surface area contributed by atoms with Crippen molar-refractivity contribution in [1.29, 1.82) is 0 Å². The zero-order valence-electron chi connectivity index (χ0n) is 18.7. The summed E-state index contributed by atoms with van der Waals surface area (Å²) in [5.74, 6) is 7.54. The van der Waals surface area contributed by atoms with Crippen LogP contribution in [0.1, 0.15) is 62.4 Å². The summed E-state index contributed by atoms with van der Waals surface area (Å²) in [6.45, 7) is 4.04. The Morgan fingerprint density at radius 3 is 2.68 bits per heavy atom. The van der Waals surface area contributed by atoms with E-state index in [9.17, 15) is 0 Å². The monoisotopic (exact) mass is 431 g/mol. The number of methoxy groups -OCH3 is 1. The first-order valence-corrected chi connectivity index (χ1v) is 10.6. The van der Waals surface area contributed by atoms with Crippen LogP contribution in [0.2, 0.25) is 0 Å². The summed E-state index contributed by atoms with van der Waals surface area (Å²) in [6, 6.07) is 3.79. The van der Waals surface area contributed by atoms with E-state index in [0.29, 0.717) is 35.5 Å². The van der Waals surface area contributed by atoms with Gasteiger partial charge in [-0.1, -0.05) is 6.42 Å². The fraction of sp³-hybridized carbons (Fsp3) is 0.571. The SMILES string of the molecule is COC(C)c1nc(NC/C(=C(/N)c2ccc(OC3CCCCC3)c(C)n2)N(C)N)no1. The van der Waals surface area contributed by atoms with Gasteiger partial charge in [0.25, 0.3) is 11.8 Å². The molecule has 0 aliphatic heterocycles. The number of rotatable bonds is 9. The Morgan fingerprint density at radius 1 is 1.29 bits per heavy atom. The summed E-state index contributed by atoms with van der Waals surface area (Å²) in [6.07, 6.45) is 5.89. The molecule has 1 atom stereocenters. The molecule has 0 radical (unpaired) electrons. The second kappa shape index (κ2) is 10.5. The Labute approximate surface area is 182 Å². The van der Waals surface area contributed by atoms with Crippen molar-refractivity contribution in [1.82, 2.24) is 20.1 Å². The fourth-order valence-electron chi connectivity index (χ4n) is 3.48. The molecule has 0 spiro atoms. The Hall–Kier alpha value is -2.85. The molecule has 1 unspecified atom stereocenters. The van der Waals surface area contributed by atoms with E-state index in [0.717, 1.165) is 24.3 Å². The summed E-state index contributed by atoms with van der Waals surface area (Å²) in [7, 11) is 3.29. The van der Waals surface area contributed by atoms with E-state index in [4.69, 9.17) is 25.6 Å². The normalized spacial score (nSPS) is 16.5. The highest BCUT2D eigenvalue weighted by atomic mass is 16.5. The Bertz CT molecular complexity index is 891. The van der Waals surface area contributed by atoms with Crippen LogP contribution in [0.15, 0.2) is 22.4 Å². The van der Waals surface area contributed by atoms with Gasteiger partial charge in [0.15, 0.2) is 0 Å². The van der Waals surface area contributed by atoms with E-state index < -0.39 is 0 Å². The van der Waals surface area contributed by atoms with Gasteiger partial charge in [-0.15, -0.1) is 0 Å². The maximum absolute atomic E-state index is 6.41. The van der Waals surface area contributed by atoms with E-state index in [1.165, 1.54) is 24.3 Å². The molecule has 10 heteroatoms. The van der Waals surface area contributed by atoms with Crippen LogP contribution in [-0.4, -0.2) is 46.9 Å². The number of hydrazine groups is 1. The summed E-state index contributed by atoms with van der Waals surface area (Å²) < 4.78 is 16.5. The van der Waals surface area contributed by atoms with Crippen LogP contribution in [0.5, 0.6) is 5.75 Å². The van der Waals surface area contributed by atoms with Gasteiger partial charge in [-0.25, -0.2) is 10.8 Å². The van der Waals surface area contributed by atoms with E-state index in [1.807, 2.05) is 26.0 Å². The molecule has 2 aromatic heterocycles. The Balaban J connectivity index is 1.72. The molecule has 1 saturated carbocycles. The maximum atomic E-state index is 6.41. The minimum absolute atomic E-state index is 0.267. The molecular weight excluding hydrogens is 398 g/mol. The van der Waals surface area contributed by atoms with Gasteiger partial charge >= 0.3 is 0 Å². The van der Waals surface area contributed by atoms with Crippen LogP contribution in [0.25, 0.3) is 5.70 Å². The maximum Gasteiger partial charge on any atom is 0.263 e. The third-order valence-corrected chi connectivity index (χ3v) is 5.45. The van der Waals surface area contributed by atoms with Crippen molar-refractivity contribution < 1.29 is 14.0 Å². The standard InChI is InChI=1S/C21H33N7O3/c1-13-18(30-15-8-6-5-7-9-15)11-10-16(25-13)19(22)17(28(3)23)12-24-21-26-20(31-27-21)14(2)29-4/h10-11,14-15H,5-9,12,22-23H2,1-4H3,(H,24,27)/b19-17-. The number of hydrogen-bond donors (Lipinski definition) is 3. The predicted octanol–water partition coefficient (Wildman–Crippen LogP) is 2.74. The highest BCUT2D eigenvalue weighted by molar-refractivity contribution is 5.64. The highest BCUT2D eigenvalue weighted by Gasteiger charge is 2.18. The third-order valence-electron chi connectivity index (χ3n) is 5.45. The lowest BCUT2D eigenvalue weighted by Gasteiger charge is -2.24. The minimum Gasteiger partial charge on any atom is -0.489 e. The summed E-state index contributed by atoms with van der Waals surface area (Å²) in [4.78, 5) is 8.91. The van der Waals surface area contributed by atoms with Crippen LogP contribution in [0, 0.1) is 6.92 Å². The molecule has 1 fully saturated rings. The van der Waals surface area contributed by atoms with Crippen molar-refractivity contribution in [2.75, 3.05) is 26.0 Å². The van der Waals surface area contributed by atoms with Gasteiger partial charge in [0.1, 0.15) is 11.9 Å². The fourth-order valence-corrected chi connectivity index (χ4v) is 3.48. The summed E-state index contributed by atoms with van der Waals surface area (Å²) in [5.41, 5.74) is 8.94. The van der Waals surface area contributed by atoms with Crippen molar-refractivity contribution >= 4 is 11.6 Å². The van der Waals surface area contributed by atoms with Gasteiger partial charge in [0.2, 0.25) is 0 Å². The second-order valence-electron chi connectivity index (χ2n) is 7.82. The smallest absolute Gasteiger partial charge is 0.263 e. The number of anilines is 1. The lowest BCUT2D eigenvalue weighted by molar-refractivity contribution is 0.0886. The first kappa shape index (κ1) is 22.8. The molecule has 5 N–H and O–H groups in total. The van der Waals surface area contributed by atoms with E-state index >= 15 is 0 Å². The molecule has 0 amide bonds. The van der Waals surface area contributed by atoms with Gasteiger partial charge in [0.05, 0.1) is 35.4 Å². The number of likely N-dealkylation sites (N-methyl/N-ethyl adjacent to an activating group) is 1. The lowest BCUT2D eigenvalue weighted by atomic mass is 9.98. The molecule has 170 valence electrons. The Kier molecular flexibility index (Phi) is 7.69. The third kappa shape index (κ3) is 5.86. The number of nitrogens with zero attached hydrogens (tertiary/aromatic N) is 4. The largest absolute Gasteiger partial charge is 0.489 e. The quantitative estimate of drug-likeness (QED) is 0.401. The van der Waals surface area contributed by atoms with Crippen LogP contribution in [0.3, 0.4) is 0 Å². The van der Waals surface area contributed by atoms with E-state index in [2.05, 4.69) is 20.4 Å². The van der Waals surface area contributed by atoms with E-state index in [1.54, 1.807) is 14.2 Å². The second-order valence-corrected chi connectivity index (χ2v) is 7.82. The number of ether oxygens (including phenoxy) is 2. The highest BCUT2D eigenvalue weighted by Crippen LogP contribution is 2.26. The van der Waals surface area contributed by atoms with Crippen molar-refractivity contribution in [3.8, 4) is 5.75 Å². The number of aromatic nitrogens is 3. The van der Waals surface area contributed by atoms with Crippen LogP contribution in [-0.2, 0) is 4.74 Å². The van der Waals surface area contributed by atoms with Crippen molar-refractivity contribution in [2.45, 2.75) is 58.2 Å². The first-order valence-electron chi connectivity index (χ1n) is 10.6. The van der Waals surface area contributed by atoms with Crippen LogP contribution in [0.4, 0.5) is 5.95 Å². The Morgan fingerprint density at radius 2 is 2.03 bits per heavy atom. The zero-order chi connectivity index (χ0) is 22.4. The molecule has 2 aromatic rings. The molecule has 2 heterocycles. The van der Waals surface area contributed by atoms with Gasteiger partial charge < -0.3 is 30.1 Å². The summed E-state index contributed by atoms with van der Waals surface area (Å²) >= 11 is 0. The molecule has 31 heavy (non-hydrogen) atoms. The van der Waals surface area contributed by atoms with Crippen molar-refractivity contribution in [2.24, 2.45) is 11.6 Å². The molecule has 3 rings (SSSR count). The summed E-state index contributed by atoms with van der Waals surface area (Å²) in [5, 5.41) is 8.42. The van der Waals surface area contributed by atoms with Crippen LogP contribution < -0.4 is 21.6 Å². The van der Waals surface area contributed by atoms with Crippen LogP contribution >= 0.6 is 0 Å². The number of hydrogen-bond acceptors (Lipinski definition) is 10.